The number of rotatable bonds is 13. The van der Waals surface area contributed by atoms with Crippen LogP contribution in [0.3, 0.4) is 0 Å². The molecule has 2 saturated heterocycles. The lowest BCUT2D eigenvalue weighted by molar-refractivity contribution is -0.156. The number of carbonyl (C=O) groups excluding carboxylic acids is 5. The lowest BCUT2D eigenvalue weighted by Crippen LogP contribution is -2.57. The third kappa shape index (κ3) is 9.79. The van der Waals surface area contributed by atoms with E-state index < -0.39 is 35.9 Å². The van der Waals surface area contributed by atoms with Crippen molar-refractivity contribution in [3.8, 4) is 0 Å². The van der Waals surface area contributed by atoms with Gasteiger partial charge in [-0.15, -0.1) is 11.8 Å². The van der Waals surface area contributed by atoms with Crippen molar-refractivity contribution in [1.29, 1.82) is 0 Å². The summed E-state index contributed by atoms with van der Waals surface area (Å²) < 4.78 is 5.06. The largest absolute Gasteiger partial charge is 0.467 e. The molecule has 3 heterocycles. The Bertz CT molecular complexity index is 1770. The van der Waals surface area contributed by atoms with Crippen molar-refractivity contribution < 1.29 is 28.7 Å². The van der Waals surface area contributed by atoms with E-state index in [-0.39, 0.29) is 29.0 Å². The average molecular weight is 751 g/mol. The molecule has 2 fully saturated rings. The summed E-state index contributed by atoms with van der Waals surface area (Å²) in [5.74, 6) is -1.73. The van der Waals surface area contributed by atoms with E-state index in [1.807, 2.05) is 103 Å². The highest BCUT2D eigenvalue weighted by Crippen LogP contribution is 2.35. The molecule has 10 nitrogen and oxygen atoms in total. The van der Waals surface area contributed by atoms with Crippen LogP contribution < -0.4 is 15.5 Å². The number of ether oxygens (including phenoxy) is 1. The number of anilines is 1. The summed E-state index contributed by atoms with van der Waals surface area (Å²) in [6, 6.07) is 26.8. The molecule has 0 saturated carbocycles. The first-order valence-corrected chi connectivity index (χ1v) is 20.1. The van der Waals surface area contributed by atoms with Gasteiger partial charge in [0.25, 0.3) is 0 Å². The van der Waals surface area contributed by atoms with Gasteiger partial charge in [0.1, 0.15) is 18.1 Å². The van der Waals surface area contributed by atoms with Crippen LogP contribution in [0.5, 0.6) is 0 Å². The predicted octanol–water partition coefficient (Wildman–Crippen LogP) is 5.46. The van der Waals surface area contributed by atoms with Crippen LogP contribution in [0.2, 0.25) is 0 Å². The molecule has 3 aromatic rings. The second-order valence-corrected chi connectivity index (χ2v) is 15.6. The normalized spacial score (nSPS) is 22.6. The number of hydrogen-bond acceptors (Lipinski definition) is 7. The third-order valence-electron chi connectivity index (χ3n) is 10.7. The summed E-state index contributed by atoms with van der Waals surface area (Å²) in [5, 5.41) is 6.04. The smallest absolute Gasteiger partial charge is 0.328 e. The van der Waals surface area contributed by atoms with E-state index in [0.717, 1.165) is 29.7 Å². The minimum absolute atomic E-state index is 0.134. The molecule has 0 aromatic heterocycles. The summed E-state index contributed by atoms with van der Waals surface area (Å²) in [5.41, 5.74) is 2.73. The zero-order chi connectivity index (χ0) is 37.9. The van der Waals surface area contributed by atoms with Gasteiger partial charge < -0.3 is 25.2 Å². The van der Waals surface area contributed by atoms with Crippen molar-refractivity contribution in [2.24, 2.45) is 11.8 Å². The van der Waals surface area contributed by atoms with E-state index in [4.69, 9.17) is 4.74 Å². The van der Waals surface area contributed by atoms with Gasteiger partial charge in [0.2, 0.25) is 23.6 Å². The van der Waals surface area contributed by atoms with E-state index >= 15 is 0 Å². The molecule has 284 valence electrons. The molecule has 11 heteroatoms. The number of benzene rings is 3. The fourth-order valence-corrected chi connectivity index (χ4v) is 9.12. The van der Waals surface area contributed by atoms with Crippen LogP contribution in [0, 0.1) is 11.8 Å². The van der Waals surface area contributed by atoms with Gasteiger partial charge in [-0.05, 0) is 86.8 Å². The Balaban J connectivity index is 1.20. The van der Waals surface area contributed by atoms with Crippen molar-refractivity contribution in [2.75, 3.05) is 24.3 Å². The number of carbonyl (C=O) groups is 5. The fraction of sp³-hybridized carbons (Fsp3) is 0.419. The maximum atomic E-state index is 14.3. The minimum Gasteiger partial charge on any atom is -0.467 e. The number of fused-ring (bicyclic) bond motifs is 1. The number of thioether (sulfide) groups is 1. The Labute approximate surface area is 322 Å². The molecule has 4 amide bonds. The average Bonchev–Trinajstić information content (AvgIpc) is 3.48. The molecule has 3 aliphatic rings. The third-order valence-corrected chi connectivity index (χ3v) is 12.0. The highest BCUT2D eigenvalue weighted by atomic mass is 32.2. The zero-order valence-corrected chi connectivity index (χ0v) is 31.6. The van der Waals surface area contributed by atoms with Gasteiger partial charge in [-0.25, -0.2) is 4.79 Å². The van der Waals surface area contributed by atoms with Gasteiger partial charge in [0, 0.05) is 24.1 Å². The quantitative estimate of drug-likeness (QED) is 0.176. The highest BCUT2D eigenvalue weighted by Gasteiger charge is 2.44. The SMILES string of the molecule is COC(=O)[C@@H]1CCC[C@@H]2SCC[C@H](NC(=O)[C@H](CC[C@H](Cc3ccccc3)C(=O)N[C@H]3CC=CCN(c4ccccc4)C3=O)Cc3ccccc3)C(=O)N21. The van der Waals surface area contributed by atoms with Crippen molar-refractivity contribution >= 4 is 47.0 Å². The Morgan fingerprint density at radius 2 is 1.31 bits per heavy atom. The van der Waals surface area contributed by atoms with Crippen LogP contribution in [0.25, 0.3) is 0 Å². The molecule has 6 atom stereocenters. The molecule has 0 bridgehead atoms. The standard InChI is InChI=1S/C43H50N4O6S/c1-53-43(52)37-21-13-22-38-47(37)42(51)36(25-27-54-38)45-40(49)33(29-31-16-7-3-8-17-31)24-23-32(28-30-14-5-2-6-15-30)39(48)44-35-20-11-12-26-46(41(35)50)34-18-9-4-10-19-34/h2-12,14-19,32-33,35-38H,13,20-29H2,1H3,(H,44,48)(H,45,49)/t32-,33-,35+,36+,37+,38+/m1/s1. The minimum atomic E-state index is -0.774. The number of nitrogens with zero attached hydrogens (tertiary/aromatic N) is 2. The summed E-state index contributed by atoms with van der Waals surface area (Å²) in [6.07, 6.45) is 8.51. The monoisotopic (exact) mass is 750 g/mol. The highest BCUT2D eigenvalue weighted by molar-refractivity contribution is 7.99. The van der Waals surface area contributed by atoms with Crippen LogP contribution in [-0.2, 0) is 41.6 Å². The second kappa shape index (κ2) is 18.9. The Kier molecular flexibility index (Phi) is 13.6. The lowest BCUT2D eigenvalue weighted by atomic mass is 9.86. The van der Waals surface area contributed by atoms with E-state index in [9.17, 15) is 24.0 Å². The Morgan fingerprint density at radius 3 is 1.91 bits per heavy atom. The number of hydrogen-bond donors (Lipinski definition) is 2. The molecule has 3 aliphatic heterocycles. The van der Waals surface area contributed by atoms with E-state index in [1.54, 1.807) is 21.6 Å². The van der Waals surface area contributed by atoms with Crippen LogP contribution >= 0.6 is 11.8 Å². The number of amides is 4. The van der Waals surface area contributed by atoms with E-state index in [0.29, 0.717) is 57.2 Å². The van der Waals surface area contributed by atoms with Crippen molar-refractivity contribution in [3.63, 3.8) is 0 Å². The maximum Gasteiger partial charge on any atom is 0.328 e. The van der Waals surface area contributed by atoms with Gasteiger partial charge in [-0.2, -0.15) is 0 Å². The predicted molar refractivity (Wildman–Crippen MR) is 210 cm³/mol. The molecule has 0 unspecified atom stereocenters. The van der Waals surface area contributed by atoms with Crippen molar-refractivity contribution in [2.45, 2.75) is 81.3 Å². The maximum absolute atomic E-state index is 14.3. The summed E-state index contributed by atoms with van der Waals surface area (Å²) in [7, 11) is 1.34. The van der Waals surface area contributed by atoms with Gasteiger partial charge in [-0.1, -0.05) is 91.0 Å². The molecular weight excluding hydrogens is 701 g/mol. The van der Waals surface area contributed by atoms with Crippen molar-refractivity contribution in [1.82, 2.24) is 15.5 Å². The molecule has 6 rings (SSSR count). The number of esters is 1. The van der Waals surface area contributed by atoms with Crippen molar-refractivity contribution in [3.05, 3.63) is 114 Å². The van der Waals surface area contributed by atoms with Crippen LogP contribution in [0.15, 0.2) is 103 Å². The first-order chi connectivity index (χ1) is 26.3. The summed E-state index contributed by atoms with van der Waals surface area (Å²) in [6.45, 7) is 0.420. The second-order valence-electron chi connectivity index (χ2n) is 14.3. The molecule has 0 aliphatic carbocycles. The van der Waals surface area contributed by atoms with Gasteiger partial charge in [0.15, 0.2) is 0 Å². The van der Waals surface area contributed by atoms with E-state index in [1.165, 1.54) is 7.11 Å². The van der Waals surface area contributed by atoms with Gasteiger partial charge in [-0.3, -0.25) is 19.2 Å². The number of para-hydroxylation sites is 1. The first kappa shape index (κ1) is 38.8. The topological polar surface area (TPSA) is 125 Å². The molecule has 3 aromatic carbocycles. The number of nitrogens with one attached hydrogen (secondary N) is 2. The molecule has 0 radical (unpaired) electrons. The van der Waals surface area contributed by atoms with Crippen LogP contribution in [0.4, 0.5) is 5.69 Å². The Morgan fingerprint density at radius 1 is 0.741 bits per heavy atom. The molecule has 2 N–H and O–H groups in total. The van der Waals surface area contributed by atoms with Crippen LogP contribution in [0.1, 0.15) is 56.1 Å². The van der Waals surface area contributed by atoms with E-state index in [2.05, 4.69) is 10.6 Å². The lowest BCUT2D eigenvalue weighted by Gasteiger charge is -2.40. The first-order valence-electron chi connectivity index (χ1n) is 19.0. The fourth-order valence-electron chi connectivity index (χ4n) is 7.73. The van der Waals surface area contributed by atoms with Gasteiger partial charge in [0.05, 0.1) is 12.5 Å². The van der Waals surface area contributed by atoms with Crippen LogP contribution in [-0.4, -0.2) is 77.4 Å². The molecule has 0 spiro atoms. The molecule has 54 heavy (non-hydrogen) atoms. The Hall–Kier alpha value is -4.90. The summed E-state index contributed by atoms with van der Waals surface area (Å²) in [4.78, 5) is 72.4. The summed E-state index contributed by atoms with van der Waals surface area (Å²) >= 11 is 1.65. The number of methoxy groups -OCH3 is 1. The van der Waals surface area contributed by atoms with Gasteiger partial charge >= 0.3 is 5.97 Å². The zero-order valence-electron chi connectivity index (χ0n) is 30.8. The number of piperidine rings is 1. The molecular formula is C43H50N4O6S.